The Morgan fingerprint density at radius 1 is 0.972 bits per heavy atom. The number of anilines is 1. The van der Waals surface area contributed by atoms with Gasteiger partial charge in [0.2, 0.25) is 5.91 Å². The molecule has 0 saturated carbocycles. The molecule has 1 amide bonds. The van der Waals surface area contributed by atoms with Gasteiger partial charge in [-0.2, -0.15) is 0 Å². The first kappa shape index (κ1) is 27.5. The van der Waals surface area contributed by atoms with Gasteiger partial charge in [0.15, 0.2) is 0 Å². The molecule has 0 spiro atoms. The highest BCUT2D eigenvalue weighted by atomic mass is 127. The number of amides is 1. The number of β-lactam (4-membered cyclic amide) rings is 1. The maximum absolute atomic E-state index is 13.8. The largest absolute Gasteiger partial charge is 0.304 e. The van der Waals surface area contributed by atoms with Crippen molar-refractivity contribution in [2.45, 2.75) is 63.3 Å². The number of nitrogens with zero attached hydrogens (tertiary/aromatic N) is 1. The predicted octanol–water partition coefficient (Wildman–Crippen LogP) is 9.51. The molecule has 1 fully saturated rings. The third-order valence-electron chi connectivity index (χ3n) is 8.37. The molecule has 1 saturated heterocycles. The van der Waals surface area contributed by atoms with Crippen molar-refractivity contribution in [3.05, 3.63) is 97.8 Å². The summed E-state index contributed by atoms with van der Waals surface area (Å²) in [6.45, 7) is 11.9. The standard InChI is InChI=1S/C30H34BrFINOSi/c1-30(2,3)36(4,5)27(20-8-12-23(32)13-9-20)19-18-26-28(21-6-10-22(31)11-7-21)34(29(26)35)25-16-14-24(33)15-17-25/h6-17,26-28H,18-19H2,1-5H3. The molecule has 0 N–H and O–H groups in total. The van der Waals surface area contributed by atoms with Crippen molar-refractivity contribution < 1.29 is 9.18 Å². The average molecular weight is 678 g/mol. The van der Waals surface area contributed by atoms with Crippen LogP contribution in [-0.4, -0.2) is 14.0 Å². The first-order chi connectivity index (χ1) is 16.9. The van der Waals surface area contributed by atoms with Gasteiger partial charge in [0, 0.05) is 13.7 Å². The number of hydrogen-bond acceptors (Lipinski definition) is 1. The quantitative estimate of drug-likeness (QED) is 0.139. The van der Waals surface area contributed by atoms with Crippen LogP contribution in [0, 0.1) is 15.3 Å². The van der Waals surface area contributed by atoms with Crippen LogP contribution in [-0.2, 0) is 4.79 Å². The molecule has 2 nitrogen and oxygen atoms in total. The van der Waals surface area contributed by atoms with Gasteiger partial charge in [0.25, 0.3) is 0 Å². The molecular formula is C30H34BrFINOSi. The highest BCUT2D eigenvalue weighted by Crippen LogP contribution is 2.50. The number of carbonyl (C=O) groups is 1. The SMILES string of the molecule is CC(C)(C)[Si](C)(C)C(CCC1C(=O)N(c2ccc(I)cc2)C1c1ccc(Br)cc1)c1ccc(F)cc1. The van der Waals surface area contributed by atoms with E-state index in [4.69, 9.17) is 0 Å². The van der Waals surface area contributed by atoms with Gasteiger partial charge in [-0.15, -0.1) is 0 Å². The van der Waals surface area contributed by atoms with E-state index in [9.17, 15) is 9.18 Å². The van der Waals surface area contributed by atoms with E-state index in [1.165, 1.54) is 5.56 Å². The minimum absolute atomic E-state index is 0.0129. The second-order valence-electron chi connectivity index (χ2n) is 11.4. The van der Waals surface area contributed by atoms with Gasteiger partial charge in [-0.1, -0.05) is 74.1 Å². The molecule has 36 heavy (non-hydrogen) atoms. The monoisotopic (exact) mass is 677 g/mol. The molecule has 0 radical (unpaired) electrons. The summed E-state index contributed by atoms with van der Waals surface area (Å²) in [7, 11) is -1.82. The maximum Gasteiger partial charge on any atom is 0.233 e. The fraction of sp³-hybridized carbons (Fsp3) is 0.367. The summed E-state index contributed by atoms with van der Waals surface area (Å²) >= 11 is 5.84. The number of halogens is 3. The number of carbonyl (C=O) groups excluding carboxylic acids is 1. The van der Waals surface area contributed by atoms with Gasteiger partial charge in [0.05, 0.1) is 20.0 Å². The van der Waals surface area contributed by atoms with Crippen molar-refractivity contribution in [3.8, 4) is 0 Å². The lowest BCUT2D eigenvalue weighted by Crippen LogP contribution is -2.55. The molecule has 1 heterocycles. The summed E-state index contributed by atoms with van der Waals surface area (Å²) in [5, 5.41) is 0.175. The van der Waals surface area contributed by atoms with Crippen molar-refractivity contribution in [1.29, 1.82) is 0 Å². The van der Waals surface area contributed by atoms with Gasteiger partial charge >= 0.3 is 0 Å². The Morgan fingerprint density at radius 2 is 1.56 bits per heavy atom. The molecule has 1 aliphatic rings. The zero-order chi connectivity index (χ0) is 26.3. The van der Waals surface area contributed by atoms with Crippen LogP contribution < -0.4 is 4.90 Å². The van der Waals surface area contributed by atoms with E-state index < -0.39 is 8.07 Å². The summed E-state index contributed by atoms with van der Waals surface area (Å²) in [6, 6.07) is 23.6. The fourth-order valence-corrected chi connectivity index (χ4v) is 8.85. The Bertz CT molecular complexity index is 1210. The Morgan fingerprint density at radius 3 is 2.11 bits per heavy atom. The molecule has 0 aliphatic carbocycles. The highest BCUT2D eigenvalue weighted by molar-refractivity contribution is 14.1. The summed E-state index contributed by atoms with van der Waals surface area (Å²) in [4.78, 5) is 15.6. The van der Waals surface area contributed by atoms with Crippen LogP contribution >= 0.6 is 38.5 Å². The molecule has 4 rings (SSSR count). The molecule has 1 aliphatic heterocycles. The highest BCUT2D eigenvalue weighted by Gasteiger charge is 2.50. The molecule has 190 valence electrons. The van der Waals surface area contributed by atoms with Crippen LogP contribution in [0.4, 0.5) is 10.1 Å². The van der Waals surface area contributed by atoms with E-state index in [1.54, 1.807) is 12.1 Å². The van der Waals surface area contributed by atoms with E-state index in [0.717, 1.165) is 32.1 Å². The first-order valence-corrected chi connectivity index (χ1v) is 17.4. The third-order valence-corrected chi connectivity index (χ3v) is 15.9. The van der Waals surface area contributed by atoms with E-state index in [0.29, 0.717) is 5.54 Å². The van der Waals surface area contributed by atoms with Gasteiger partial charge < -0.3 is 4.90 Å². The van der Waals surface area contributed by atoms with E-state index in [1.807, 2.05) is 29.2 Å². The van der Waals surface area contributed by atoms with Crippen LogP contribution in [0.1, 0.15) is 56.3 Å². The van der Waals surface area contributed by atoms with Gasteiger partial charge in [-0.3, -0.25) is 4.79 Å². The van der Waals surface area contributed by atoms with Gasteiger partial charge in [0.1, 0.15) is 5.82 Å². The minimum atomic E-state index is -1.82. The second-order valence-corrected chi connectivity index (χ2v) is 19.2. The van der Waals surface area contributed by atoms with Crippen molar-refractivity contribution in [2.24, 2.45) is 5.92 Å². The lowest BCUT2D eigenvalue weighted by Gasteiger charge is -2.49. The first-order valence-electron chi connectivity index (χ1n) is 12.5. The zero-order valence-corrected chi connectivity index (χ0v) is 26.3. The Labute approximate surface area is 238 Å². The normalized spacial score (nSPS) is 19.2. The number of benzene rings is 3. The smallest absolute Gasteiger partial charge is 0.233 e. The topological polar surface area (TPSA) is 20.3 Å². The van der Waals surface area contributed by atoms with E-state index in [-0.39, 0.29) is 28.7 Å². The molecule has 3 unspecified atom stereocenters. The van der Waals surface area contributed by atoms with Gasteiger partial charge in [-0.25, -0.2) is 4.39 Å². The summed E-state index contributed by atoms with van der Waals surface area (Å²) in [6.07, 6.45) is 1.74. The van der Waals surface area contributed by atoms with Crippen LogP contribution in [0.25, 0.3) is 0 Å². The molecule has 6 heteroatoms. The Kier molecular flexibility index (Phi) is 8.18. The molecular weight excluding hydrogens is 644 g/mol. The van der Waals surface area contributed by atoms with Crippen LogP contribution in [0.15, 0.2) is 77.3 Å². The van der Waals surface area contributed by atoms with E-state index in [2.05, 4.69) is 109 Å². The summed E-state index contributed by atoms with van der Waals surface area (Å²) < 4.78 is 15.9. The van der Waals surface area contributed by atoms with Crippen molar-refractivity contribution in [2.75, 3.05) is 4.90 Å². The van der Waals surface area contributed by atoms with Gasteiger partial charge in [-0.05, 0) is 106 Å². The second kappa shape index (κ2) is 10.7. The van der Waals surface area contributed by atoms with Crippen molar-refractivity contribution in [3.63, 3.8) is 0 Å². The minimum Gasteiger partial charge on any atom is -0.304 e. The summed E-state index contributed by atoms with van der Waals surface area (Å²) in [5.41, 5.74) is 3.64. The number of rotatable bonds is 7. The lowest BCUT2D eigenvalue weighted by atomic mass is 9.78. The fourth-order valence-electron chi connectivity index (χ4n) is 5.27. The number of hydrogen-bond donors (Lipinski definition) is 0. The molecule has 0 aromatic heterocycles. The van der Waals surface area contributed by atoms with Crippen LogP contribution in [0.5, 0.6) is 0 Å². The lowest BCUT2D eigenvalue weighted by molar-refractivity contribution is -0.130. The van der Waals surface area contributed by atoms with E-state index >= 15 is 0 Å². The maximum atomic E-state index is 13.8. The third kappa shape index (κ3) is 5.51. The Hall–Kier alpha value is -1.51. The molecule has 3 aromatic carbocycles. The molecule has 3 atom stereocenters. The predicted molar refractivity (Wildman–Crippen MR) is 163 cm³/mol. The van der Waals surface area contributed by atoms with Crippen molar-refractivity contribution >= 4 is 58.2 Å². The zero-order valence-electron chi connectivity index (χ0n) is 21.6. The van der Waals surface area contributed by atoms with Crippen LogP contribution in [0.2, 0.25) is 18.1 Å². The van der Waals surface area contributed by atoms with Crippen LogP contribution in [0.3, 0.4) is 0 Å². The van der Waals surface area contributed by atoms with Crippen molar-refractivity contribution in [1.82, 2.24) is 0 Å². The molecule has 3 aromatic rings. The summed E-state index contributed by atoms with van der Waals surface area (Å²) in [5.74, 6) is -0.0826. The average Bonchev–Trinajstić information content (AvgIpc) is 2.82. The molecule has 0 bridgehead atoms. The Balaban J connectivity index is 1.65.